The Labute approximate surface area is 112 Å². The molecule has 0 fully saturated rings. The number of carbonyl (C=O) groups is 1. The quantitative estimate of drug-likeness (QED) is 0.759. The molecule has 4 N–H and O–H groups in total. The van der Waals surface area contributed by atoms with E-state index in [9.17, 15) is 18.3 Å². The van der Waals surface area contributed by atoms with Gasteiger partial charge >= 0.3 is 12.1 Å². The first-order valence-corrected chi connectivity index (χ1v) is 5.69. The molecule has 0 saturated carbocycles. The van der Waals surface area contributed by atoms with E-state index in [2.05, 4.69) is 10.1 Å². The molecule has 1 rings (SSSR count). The summed E-state index contributed by atoms with van der Waals surface area (Å²) in [6.07, 6.45) is -4.56. The Kier molecular flexibility index (Phi) is 7.14. The third-order valence-corrected chi connectivity index (χ3v) is 2.17. The highest BCUT2D eigenvalue weighted by atomic mass is 19.4. The van der Waals surface area contributed by atoms with Gasteiger partial charge in [-0.25, -0.2) is 4.79 Å². The van der Waals surface area contributed by atoms with Crippen LogP contribution in [0, 0.1) is 0 Å². The number of halogens is 3. The Morgan fingerprint density at radius 1 is 1.45 bits per heavy atom. The van der Waals surface area contributed by atoms with Gasteiger partial charge in [0.1, 0.15) is 6.10 Å². The summed E-state index contributed by atoms with van der Waals surface area (Å²) >= 11 is 0. The van der Waals surface area contributed by atoms with E-state index in [1.807, 2.05) is 13.8 Å². The van der Waals surface area contributed by atoms with Crippen LogP contribution in [0.2, 0.25) is 0 Å². The molecule has 0 amide bonds. The molecular formula is C10H16F3N3O4. The molecule has 2 atom stereocenters. The second-order valence-electron chi connectivity index (χ2n) is 3.72. The van der Waals surface area contributed by atoms with Crippen molar-refractivity contribution in [3.63, 3.8) is 0 Å². The van der Waals surface area contributed by atoms with Gasteiger partial charge in [0, 0.05) is 12.5 Å². The molecule has 7 nitrogen and oxygen atoms in total. The topological polar surface area (TPSA) is 122 Å². The number of hydrogen-bond donors (Lipinski definition) is 3. The van der Waals surface area contributed by atoms with E-state index in [0.29, 0.717) is 18.7 Å². The molecule has 0 saturated heterocycles. The lowest BCUT2D eigenvalue weighted by atomic mass is 10.1. The fraction of sp³-hybridized carbons (Fsp3) is 0.700. The van der Waals surface area contributed by atoms with Gasteiger partial charge in [-0.1, -0.05) is 19.0 Å². The van der Waals surface area contributed by atoms with E-state index in [4.69, 9.17) is 20.2 Å². The zero-order valence-corrected chi connectivity index (χ0v) is 10.9. The van der Waals surface area contributed by atoms with Gasteiger partial charge in [-0.15, -0.1) is 0 Å². The van der Waals surface area contributed by atoms with Crippen molar-refractivity contribution >= 4 is 5.97 Å². The number of nitrogens with zero attached hydrogens (tertiary/aromatic N) is 2. The summed E-state index contributed by atoms with van der Waals surface area (Å²) in [5.41, 5.74) is 5.63. The molecule has 0 spiro atoms. The number of alkyl halides is 3. The first-order chi connectivity index (χ1) is 9.13. The molecule has 1 unspecified atom stereocenters. The molecule has 1 aromatic rings. The lowest BCUT2D eigenvalue weighted by molar-refractivity contribution is -0.192. The Balaban J connectivity index is 0.000000441. The monoisotopic (exact) mass is 299 g/mol. The maximum absolute atomic E-state index is 10.6. The van der Waals surface area contributed by atoms with Crippen LogP contribution >= 0.6 is 0 Å². The number of hydrogen-bond acceptors (Lipinski definition) is 6. The molecular weight excluding hydrogens is 283 g/mol. The summed E-state index contributed by atoms with van der Waals surface area (Å²) in [4.78, 5) is 12.9. The molecule has 0 aliphatic rings. The standard InChI is InChI=1S/C8H15N3O2.C2HF3O2/c1-3-5(9)7(12)8-10-6(4-2)13-11-8;3-2(4,5)1(6)7/h5,7,12H,3-4,9H2,1-2H3;(H,6,7)/t5?,7-;/m0./s1. The number of carboxylic acid groups (broad SMARTS) is 1. The fourth-order valence-electron chi connectivity index (χ4n) is 0.947. The number of aliphatic hydroxyl groups excluding tert-OH is 1. The van der Waals surface area contributed by atoms with Crippen LogP contribution in [0.1, 0.15) is 38.1 Å². The fourth-order valence-corrected chi connectivity index (χ4v) is 0.947. The SMILES string of the molecule is CCc1nc([C@@H](O)C(N)CC)no1.O=C(O)C(F)(F)F. The Morgan fingerprint density at radius 3 is 2.25 bits per heavy atom. The minimum Gasteiger partial charge on any atom is -0.475 e. The highest BCUT2D eigenvalue weighted by Gasteiger charge is 2.38. The summed E-state index contributed by atoms with van der Waals surface area (Å²) in [5.74, 6) is -1.95. The van der Waals surface area contributed by atoms with E-state index < -0.39 is 18.2 Å². The molecule has 0 bridgehead atoms. The van der Waals surface area contributed by atoms with Crippen LogP contribution in [-0.4, -0.2) is 38.5 Å². The Bertz CT molecular complexity index is 422. The van der Waals surface area contributed by atoms with Crippen LogP contribution in [0.4, 0.5) is 13.2 Å². The van der Waals surface area contributed by atoms with Gasteiger partial charge < -0.3 is 20.5 Å². The molecule has 1 aromatic heterocycles. The predicted octanol–water partition coefficient (Wildman–Crippen LogP) is 1.04. The number of aliphatic carboxylic acids is 1. The van der Waals surface area contributed by atoms with Gasteiger partial charge in [0.05, 0.1) is 0 Å². The van der Waals surface area contributed by atoms with Gasteiger partial charge in [0.15, 0.2) is 0 Å². The second kappa shape index (κ2) is 7.80. The average molecular weight is 299 g/mol. The normalized spacial score (nSPS) is 14.2. The highest BCUT2D eigenvalue weighted by molar-refractivity contribution is 5.73. The van der Waals surface area contributed by atoms with E-state index >= 15 is 0 Å². The maximum Gasteiger partial charge on any atom is 0.490 e. The Morgan fingerprint density at radius 2 is 1.95 bits per heavy atom. The van der Waals surface area contributed by atoms with Crippen molar-refractivity contribution in [3.8, 4) is 0 Å². The second-order valence-corrected chi connectivity index (χ2v) is 3.72. The van der Waals surface area contributed by atoms with Gasteiger partial charge in [-0.3, -0.25) is 0 Å². The van der Waals surface area contributed by atoms with Crippen molar-refractivity contribution in [2.24, 2.45) is 5.73 Å². The van der Waals surface area contributed by atoms with Crippen molar-refractivity contribution < 1.29 is 32.7 Å². The zero-order chi connectivity index (χ0) is 15.9. The first-order valence-electron chi connectivity index (χ1n) is 5.69. The minimum absolute atomic E-state index is 0.284. The predicted molar refractivity (Wildman–Crippen MR) is 60.6 cm³/mol. The van der Waals surface area contributed by atoms with Crippen molar-refractivity contribution in [1.82, 2.24) is 10.1 Å². The van der Waals surface area contributed by atoms with Crippen molar-refractivity contribution in [2.45, 2.75) is 45.0 Å². The average Bonchev–Trinajstić information content (AvgIpc) is 2.85. The Hall–Kier alpha value is -1.68. The zero-order valence-electron chi connectivity index (χ0n) is 10.9. The van der Waals surface area contributed by atoms with E-state index in [0.717, 1.165) is 0 Å². The number of aryl methyl sites for hydroxylation is 1. The molecule has 0 aliphatic heterocycles. The maximum atomic E-state index is 10.6. The summed E-state index contributed by atoms with van der Waals surface area (Å²) in [6, 6.07) is -0.331. The molecule has 0 aromatic carbocycles. The largest absolute Gasteiger partial charge is 0.490 e. The third kappa shape index (κ3) is 5.97. The summed E-state index contributed by atoms with van der Waals surface area (Å²) < 4.78 is 36.6. The highest BCUT2D eigenvalue weighted by Crippen LogP contribution is 2.14. The lowest BCUT2D eigenvalue weighted by Crippen LogP contribution is -2.28. The summed E-state index contributed by atoms with van der Waals surface area (Å²) in [5, 5.41) is 20.4. The van der Waals surface area contributed by atoms with Crippen molar-refractivity contribution in [1.29, 1.82) is 0 Å². The van der Waals surface area contributed by atoms with Crippen LogP contribution in [0.15, 0.2) is 4.52 Å². The first kappa shape index (κ1) is 18.3. The number of nitrogens with two attached hydrogens (primary N) is 1. The van der Waals surface area contributed by atoms with Crippen LogP contribution in [0.25, 0.3) is 0 Å². The van der Waals surface area contributed by atoms with Crippen molar-refractivity contribution in [3.05, 3.63) is 11.7 Å². The number of aromatic nitrogens is 2. The minimum atomic E-state index is -5.08. The van der Waals surface area contributed by atoms with Gasteiger partial charge in [-0.05, 0) is 6.42 Å². The van der Waals surface area contributed by atoms with Gasteiger partial charge in [0.25, 0.3) is 0 Å². The number of rotatable bonds is 4. The third-order valence-electron chi connectivity index (χ3n) is 2.17. The van der Waals surface area contributed by atoms with Crippen LogP contribution in [-0.2, 0) is 11.2 Å². The van der Waals surface area contributed by atoms with E-state index in [1.165, 1.54) is 0 Å². The van der Waals surface area contributed by atoms with Crippen LogP contribution in [0.3, 0.4) is 0 Å². The summed E-state index contributed by atoms with van der Waals surface area (Å²) in [7, 11) is 0. The van der Waals surface area contributed by atoms with E-state index in [-0.39, 0.29) is 11.9 Å². The van der Waals surface area contributed by atoms with Gasteiger partial charge in [0.2, 0.25) is 11.7 Å². The van der Waals surface area contributed by atoms with Gasteiger partial charge in [-0.2, -0.15) is 18.2 Å². The smallest absolute Gasteiger partial charge is 0.475 e. The lowest BCUT2D eigenvalue weighted by Gasteiger charge is -2.12. The number of aliphatic hydroxyl groups is 1. The number of carboxylic acids is 1. The molecule has 10 heteroatoms. The van der Waals surface area contributed by atoms with Crippen LogP contribution in [0.5, 0.6) is 0 Å². The molecule has 116 valence electrons. The molecule has 0 radical (unpaired) electrons. The van der Waals surface area contributed by atoms with E-state index in [1.54, 1.807) is 0 Å². The van der Waals surface area contributed by atoms with Crippen LogP contribution < -0.4 is 5.73 Å². The van der Waals surface area contributed by atoms with Crippen molar-refractivity contribution in [2.75, 3.05) is 0 Å². The molecule has 20 heavy (non-hydrogen) atoms. The summed E-state index contributed by atoms with van der Waals surface area (Å²) in [6.45, 7) is 3.80. The molecule has 0 aliphatic carbocycles. The molecule has 1 heterocycles.